The van der Waals surface area contributed by atoms with Gasteiger partial charge in [0, 0.05) is 23.4 Å². The van der Waals surface area contributed by atoms with Crippen molar-refractivity contribution in [3.05, 3.63) is 34.2 Å². The van der Waals surface area contributed by atoms with E-state index in [2.05, 4.69) is 11.9 Å². The Morgan fingerprint density at radius 3 is 2.92 bits per heavy atom. The monoisotopic (exact) mass is 374 g/mol. The molecule has 1 atom stereocenters. The van der Waals surface area contributed by atoms with Crippen molar-refractivity contribution in [3.8, 4) is 5.75 Å². The van der Waals surface area contributed by atoms with Crippen LogP contribution in [-0.2, 0) is 0 Å². The fraction of sp³-hybridized carbons (Fsp3) is 0.368. The molecule has 0 radical (unpaired) electrons. The zero-order valence-electron chi connectivity index (χ0n) is 14.2. The average molecular weight is 375 g/mol. The lowest BCUT2D eigenvalue weighted by Crippen LogP contribution is -2.41. The lowest BCUT2D eigenvalue weighted by Gasteiger charge is -2.33. The Balaban J connectivity index is 1.78. The van der Waals surface area contributed by atoms with Gasteiger partial charge in [-0.25, -0.2) is 4.98 Å². The van der Waals surface area contributed by atoms with E-state index in [1.807, 2.05) is 29.2 Å². The van der Waals surface area contributed by atoms with Crippen molar-refractivity contribution in [3.63, 3.8) is 0 Å². The molecule has 0 N–H and O–H groups in total. The number of carbonyl (C=O) groups is 1. The van der Waals surface area contributed by atoms with Gasteiger partial charge in [-0.1, -0.05) is 11.6 Å². The summed E-state index contributed by atoms with van der Waals surface area (Å²) in [4.78, 5) is 21.2. The van der Waals surface area contributed by atoms with Crippen molar-refractivity contribution in [2.45, 2.75) is 32.2 Å². The molecule has 2 aromatic heterocycles. The summed E-state index contributed by atoms with van der Waals surface area (Å²) in [5.41, 5.74) is 0.709. The third-order valence-corrected chi connectivity index (χ3v) is 6.27. The molecule has 3 heterocycles. The SMILES string of the molecule is COc1ccc2cc3cc(C(=O)N4CCCC[C@H]4C)sc3nc2c1Cl. The molecule has 25 heavy (non-hydrogen) atoms. The highest BCUT2D eigenvalue weighted by atomic mass is 35.5. The summed E-state index contributed by atoms with van der Waals surface area (Å²) >= 11 is 7.83. The molecule has 0 unspecified atom stereocenters. The number of hydrogen-bond donors (Lipinski definition) is 0. The van der Waals surface area contributed by atoms with E-state index >= 15 is 0 Å². The molecule has 6 heteroatoms. The van der Waals surface area contributed by atoms with Crippen molar-refractivity contribution in [2.75, 3.05) is 13.7 Å². The Morgan fingerprint density at radius 2 is 2.16 bits per heavy atom. The fourth-order valence-electron chi connectivity index (χ4n) is 3.45. The minimum absolute atomic E-state index is 0.114. The minimum Gasteiger partial charge on any atom is -0.495 e. The first kappa shape index (κ1) is 16.6. The van der Waals surface area contributed by atoms with Gasteiger partial charge in [0.15, 0.2) is 0 Å². The predicted molar refractivity (Wildman–Crippen MR) is 103 cm³/mol. The van der Waals surface area contributed by atoms with Crippen molar-refractivity contribution in [1.29, 1.82) is 0 Å². The Labute approximate surface area is 155 Å². The lowest BCUT2D eigenvalue weighted by molar-refractivity contribution is 0.0641. The number of aromatic nitrogens is 1. The summed E-state index contributed by atoms with van der Waals surface area (Å²) in [7, 11) is 1.59. The molecule has 0 spiro atoms. The summed E-state index contributed by atoms with van der Waals surface area (Å²) < 4.78 is 5.27. The maximum atomic E-state index is 12.9. The topological polar surface area (TPSA) is 42.4 Å². The van der Waals surface area contributed by atoms with Crippen LogP contribution in [0.3, 0.4) is 0 Å². The maximum Gasteiger partial charge on any atom is 0.264 e. The normalized spacial score (nSPS) is 18.0. The number of fused-ring (bicyclic) bond motifs is 2. The minimum atomic E-state index is 0.114. The van der Waals surface area contributed by atoms with Gasteiger partial charge in [-0.3, -0.25) is 4.79 Å². The van der Waals surface area contributed by atoms with Gasteiger partial charge in [0.25, 0.3) is 5.91 Å². The molecule has 4 nitrogen and oxygen atoms in total. The molecule has 1 aliphatic heterocycles. The van der Waals surface area contributed by atoms with Gasteiger partial charge in [0.05, 0.1) is 17.5 Å². The third-order valence-electron chi connectivity index (χ3n) is 4.87. The number of likely N-dealkylation sites (tertiary alicyclic amines) is 1. The van der Waals surface area contributed by atoms with Crippen LogP contribution in [0.4, 0.5) is 0 Å². The number of thiophene rings is 1. The molecule has 1 aromatic carbocycles. The number of hydrogen-bond acceptors (Lipinski definition) is 4. The Kier molecular flexibility index (Phi) is 4.29. The van der Waals surface area contributed by atoms with Crippen LogP contribution < -0.4 is 4.74 Å². The molecule has 1 aliphatic rings. The molecule has 0 saturated carbocycles. The molecule has 1 amide bonds. The second kappa shape index (κ2) is 6.46. The van der Waals surface area contributed by atoms with E-state index in [0.29, 0.717) is 22.3 Å². The average Bonchev–Trinajstić information content (AvgIpc) is 3.03. The number of rotatable bonds is 2. The lowest BCUT2D eigenvalue weighted by atomic mass is 10.0. The van der Waals surface area contributed by atoms with Crippen LogP contribution >= 0.6 is 22.9 Å². The highest BCUT2D eigenvalue weighted by molar-refractivity contribution is 7.20. The first-order chi connectivity index (χ1) is 12.1. The summed E-state index contributed by atoms with van der Waals surface area (Å²) in [6, 6.07) is 8.08. The predicted octanol–water partition coefficient (Wildman–Crippen LogP) is 5.13. The molecule has 0 bridgehead atoms. The van der Waals surface area contributed by atoms with Crippen molar-refractivity contribution < 1.29 is 9.53 Å². The van der Waals surface area contributed by atoms with Gasteiger partial charge in [0.1, 0.15) is 15.6 Å². The van der Waals surface area contributed by atoms with Gasteiger partial charge >= 0.3 is 0 Å². The highest BCUT2D eigenvalue weighted by Crippen LogP contribution is 2.35. The Bertz CT molecular complexity index is 969. The van der Waals surface area contributed by atoms with E-state index in [4.69, 9.17) is 16.3 Å². The molecule has 3 aromatic rings. The largest absolute Gasteiger partial charge is 0.495 e. The van der Waals surface area contributed by atoms with Gasteiger partial charge < -0.3 is 9.64 Å². The van der Waals surface area contributed by atoms with Crippen LogP contribution in [0.1, 0.15) is 35.9 Å². The van der Waals surface area contributed by atoms with Gasteiger partial charge in [-0.05, 0) is 50.5 Å². The second-order valence-corrected chi connectivity index (χ2v) is 7.90. The number of carbonyl (C=O) groups excluding carboxylic acids is 1. The Hall–Kier alpha value is -1.85. The number of benzene rings is 1. The Morgan fingerprint density at radius 1 is 1.32 bits per heavy atom. The van der Waals surface area contributed by atoms with E-state index in [1.165, 1.54) is 17.8 Å². The number of halogens is 1. The number of pyridine rings is 1. The summed E-state index contributed by atoms with van der Waals surface area (Å²) in [6.07, 6.45) is 3.36. The standard InChI is InChI=1S/C19H19ClN2O2S/c1-11-5-3-4-8-22(11)19(23)15-10-13-9-12-6-7-14(24-2)16(20)17(12)21-18(13)25-15/h6-7,9-11H,3-5,8H2,1-2H3/t11-/m1/s1. The van der Waals surface area contributed by atoms with Gasteiger partial charge in [0.2, 0.25) is 0 Å². The van der Waals surface area contributed by atoms with E-state index in [-0.39, 0.29) is 5.91 Å². The van der Waals surface area contributed by atoms with Crippen LogP contribution in [-0.4, -0.2) is 35.5 Å². The van der Waals surface area contributed by atoms with Crippen LogP contribution in [0.25, 0.3) is 21.1 Å². The number of ether oxygens (including phenoxy) is 1. The molecule has 1 saturated heterocycles. The fourth-order valence-corrected chi connectivity index (χ4v) is 4.71. The number of amides is 1. The van der Waals surface area contributed by atoms with Gasteiger partial charge in [-0.15, -0.1) is 11.3 Å². The summed E-state index contributed by atoms with van der Waals surface area (Å²) in [5, 5.41) is 2.43. The molecule has 130 valence electrons. The van der Waals surface area contributed by atoms with E-state index in [0.717, 1.165) is 39.9 Å². The van der Waals surface area contributed by atoms with E-state index < -0.39 is 0 Å². The summed E-state index contributed by atoms with van der Waals surface area (Å²) in [6.45, 7) is 2.97. The zero-order valence-corrected chi connectivity index (χ0v) is 15.8. The number of nitrogens with zero attached hydrogens (tertiary/aromatic N) is 2. The van der Waals surface area contributed by atoms with Crippen LogP contribution in [0.15, 0.2) is 24.3 Å². The molecular weight excluding hydrogens is 356 g/mol. The highest BCUT2D eigenvalue weighted by Gasteiger charge is 2.25. The van der Waals surface area contributed by atoms with Crippen molar-refractivity contribution >= 4 is 50.0 Å². The first-order valence-corrected chi connectivity index (χ1v) is 9.65. The summed E-state index contributed by atoms with van der Waals surface area (Å²) in [5.74, 6) is 0.721. The first-order valence-electron chi connectivity index (χ1n) is 8.46. The maximum absolute atomic E-state index is 12.9. The van der Waals surface area contributed by atoms with Crippen LogP contribution in [0.5, 0.6) is 5.75 Å². The smallest absolute Gasteiger partial charge is 0.264 e. The number of piperidine rings is 1. The van der Waals surface area contributed by atoms with E-state index in [9.17, 15) is 4.79 Å². The van der Waals surface area contributed by atoms with E-state index in [1.54, 1.807) is 7.11 Å². The second-order valence-electron chi connectivity index (χ2n) is 6.49. The van der Waals surface area contributed by atoms with Crippen LogP contribution in [0.2, 0.25) is 5.02 Å². The molecule has 1 fully saturated rings. The molecule has 4 rings (SSSR count). The quantitative estimate of drug-likeness (QED) is 0.624. The van der Waals surface area contributed by atoms with Crippen molar-refractivity contribution in [1.82, 2.24) is 9.88 Å². The van der Waals surface area contributed by atoms with Crippen LogP contribution in [0, 0.1) is 0 Å². The number of methoxy groups -OCH3 is 1. The molecular formula is C19H19ClN2O2S. The van der Waals surface area contributed by atoms with Crippen molar-refractivity contribution in [2.24, 2.45) is 0 Å². The van der Waals surface area contributed by atoms with Gasteiger partial charge in [-0.2, -0.15) is 0 Å². The molecule has 0 aliphatic carbocycles. The third kappa shape index (κ3) is 2.85. The zero-order chi connectivity index (χ0) is 17.6.